The Morgan fingerprint density at radius 1 is 1.48 bits per heavy atom. The average Bonchev–Trinajstić information content (AvgIpc) is 2.90. The molecule has 1 atom stereocenters. The molecule has 0 spiro atoms. The molecule has 2 heterocycles. The molecule has 0 aliphatic carbocycles. The van der Waals surface area contributed by atoms with Crippen molar-refractivity contribution in [3.8, 4) is 0 Å². The summed E-state index contributed by atoms with van der Waals surface area (Å²) in [6.45, 7) is 5.00. The third-order valence-corrected chi connectivity index (χ3v) is 5.62. The highest BCUT2D eigenvalue weighted by Gasteiger charge is 2.31. The Kier molecular flexibility index (Phi) is 5.70. The molecule has 0 saturated heterocycles. The van der Waals surface area contributed by atoms with Crippen molar-refractivity contribution < 1.29 is 14.7 Å². The van der Waals surface area contributed by atoms with Gasteiger partial charge in [0, 0.05) is 18.0 Å². The van der Waals surface area contributed by atoms with E-state index in [1.807, 2.05) is 25.3 Å². The second-order valence-corrected chi connectivity index (χ2v) is 7.84. The molecule has 1 amide bonds. The number of fused-ring (bicyclic) bond motifs is 1. The molecule has 21 heavy (non-hydrogen) atoms. The first-order valence-corrected chi connectivity index (χ1v) is 9.10. The SMILES string of the molecule is CC(C)CN(CCC(=O)O)C(=O)C1SCCc2sccc21. The number of hydrogen-bond acceptors (Lipinski definition) is 4. The second kappa shape index (κ2) is 7.31. The summed E-state index contributed by atoms with van der Waals surface area (Å²) in [5.74, 6) is 0.495. The number of carbonyl (C=O) groups excluding carboxylic acids is 1. The van der Waals surface area contributed by atoms with Crippen LogP contribution in [-0.4, -0.2) is 40.7 Å². The molecule has 1 aliphatic rings. The average molecular weight is 327 g/mol. The summed E-state index contributed by atoms with van der Waals surface area (Å²) < 4.78 is 0. The van der Waals surface area contributed by atoms with Crippen LogP contribution >= 0.6 is 23.1 Å². The van der Waals surface area contributed by atoms with Crippen LogP contribution in [0.2, 0.25) is 0 Å². The van der Waals surface area contributed by atoms with Crippen molar-refractivity contribution in [2.45, 2.75) is 31.9 Å². The lowest BCUT2D eigenvalue weighted by atomic mass is 10.1. The zero-order chi connectivity index (χ0) is 15.4. The quantitative estimate of drug-likeness (QED) is 0.872. The number of aliphatic carboxylic acids is 1. The van der Waals surface area contributed by atoms with Crippen molar-refractivity contribution in [1.82, 2.24) is 4.90 Å². The molecule has 0 radical (unpaired) electrons. The third-order valence-electron chi connectivity index (χ3n) is 3.39. The lowest BCUT2D eigenvalue weighted by Gasteiger charge is -2.30. The van der Waals surface area contributed by atoms with Crippen LogP contribution in [0.15, 0.2) is 11.4 Å². The van der Waals surface area contributed by atoms with E-state index in [0.717, 1.165) is 17.7 Å². The van der Waals surface area contributed by atoms with Gasteiger partial charge in [-0.3, -0.25) is 9.59 Å². The molecule has 1 aliphatic heterocycles. The Morgan fingerprint density at radius 2 is 2.24 bits per heavy atom. The van der Waals surface area contributed by atoms with Gasteiger partial charge >= 0.3 is 5.97 Å². The topological polar surface area (TPSA) is 57.6 Å². The molecule has 6 heteroatoms. The van der Waals surface area contributed by atoms with E-state index < -0.39 is 5.97 Å². The monoisotopic (exact) mass is 327 g/mol. The number of rotatable bonds is 6. The predicted octanol–water partition coefficient (Wildman–Crippen LogP) is 3.04. The Hall–Kier alpha value is -1.01. The first kappa shape index (κ1) is 16.4. The van der Waals surface area contributed by atoms with E-state index in [2.05, 4.69) is 0 Å². The summed E-state index contributed by atoms with van der Waals surface area (Å²) in [4.78, 5) is 26.7. The minimum atomic E-state index is -0.857. The molecule has 0 bridgehead atoms. The molecule has 4 nitrogen and oxygen atoms in total. The number of aryl methyl sites for hydroxylation is 1. The minimum absolute atomic E-state index is 0.00629. The highest BCUT2D eigenvalue weighted by Crippen LogP contribution is 2.40. The van der Waals surface area contributed by atoms with Crippen LogP contribution in [0.1, 0.15) is 36.0 Å². The van der Waals surface area contributed by atoms with Crippen molar-refractivity contribution >= 4 is 35.0 Å². The van der Waals surface area contributed by atoms with Gasteiger partial charge in [0.1, 0.15) is 5.25 Å². The molecule has 0 aromatic carbocycles. The van der Waals surface area contributed by atoms with E-state index >= 15 is 0 Å². The van der Waals surface area contributed by atoms with Crippen LogP contribution in [0.3, 0.4) is 0 Å². The van der Waals surface area contributed by atoms with Crippen LogP contribution in [0.4, 0.5) is 0 Å². The van der Waals surface area contributed by atoms with Gasteiger partial charge in [0.05, 0.1) is 6.42 Å². The van der Waals surface area contributed by atoms with E-state index in [-0.39, 0.29) is 17.6 Å². The summed E-state index contributed by atoms with van der Waals surface area (Å²) >= 11 is 3.39. The van der Waals surface area contributed by atoms with Crippen LogP contribution in [0, 0.1) is 5.92 Å². The molecule has 116 valence electrons. The van der Waals surface area contributed by atoms with Gasteiger partial charge < -0.3 is 10.0 Å². The maximum Gasteiger partial charge on any atom is 0.305 e. The van der Waals surface area contributed by atoms with Crippen molar-refractivity contribution in [3.05, 3.63) is 21.9 Å². The number of thioether (sulfide) groups is 1. The van der Waals surface area contributed by atoms with Crippen LogP contribution in [-0.2, 0) is 16.0 Å². The molecule has 1 N–H and O–H groups in total. The van der Waals surface area contributed by atoms with E-state index in [4.69, 9.17) is 5.11 Å². The zero-order valence-corrected chi connectivity index (χ0v) is 14.0. The standard InChI is InChI=1S/C15H21NO3S2/c1-10(2)9-16(6-3-13(17)18)15(19)14-11-4-7-20-12(11)5-8-21-14/h4,7,10,14H,3,5-6,8-9H2,1-2H3,(H,17,18). The van der Waals surface area contributed by atoms with E-state index in [1.54, 1.807) is 28.0 Å². The first-order valence-electron chi connectivity index (χ1n) is 7.17. The summed E-state index contributed by atoms with van der Waals surface area (Å²) in [5.41, 5.74) is 1.13. The molecule has 1 unspecified atom stereocenters. The van der Waals surface area contributed by atoms with Gasteiger partial charge in [0.25, 0.3) is 0 Å². The maximum absolute atomic E-state index is 12.8. The fraction of sp³-hybridized carbons (Fsp3) is 0.600. The van der Waals surface area contributed by atoms with Gasteiger partial charge in [0.2, 0.25) is 5.91 Å². The molecule has 1 aromatic heterocycles. The fourth-order valence-electron chi connectivity index (χ4n) is 2.48. The minimum Gasteiger partial charge on any atom is -0.481 e. The van der Waals surface area contributed by atoms with E-state index in [9.17, 15) is 9.59 Å². The second-order valence-electron chi connectivity index (χ2n) is 5.62. The molecule has 1 aromatic rings. The number of carbonyl (C=O) groups is 2. The smallest absolute Gasteiger partial charge is 0.305 e. The van der Waals surface area contributed by atoms with Crippen molar-refractivity contribution in [1.29, 1.82) is 0 Å². The molecular weight excluding hydrogens is 306 g/mol. The molecular formula is C15H21NO3S2. The lowest BCUT2D eigenvalue weighted by Crippen LogP contribution is -2.39. The Balaban J connectivity index is 2.12. The summed E-state index contributed by atoms with van der Waals surface area (Å²) in [7, 11) is 0. The first-order chi connectivity index (χ1) is 9.99. The number of hydrogen-bond donors (Lipinski definition) is 1. The van der Waals surface area contributed by atoms with Gasteiger partial charge in [-0.1, -0.05) is 13.8 Å². The maximum atomic E-state index is 12.8. The third kappa shape index (κ3) is 4.23. The summed E-state index contributed by atoms with van der Waals surface area (Å²) in [5, 5.41) is 10.8. The van der Waals surface area contributed by atoms with Gasteiger partial charge in [-0.05, 0) is 35.1 Å². The number of carboxylic acids is 1. The summed E-state index contributed by atoms with van der Waals surface area (Å²) in [6, 6.07) is 2.04. The molecule has 0 saturated carbocycles. The molecule has 0 fully saturated rings. The van der Waals surface area contributed by atoms with E-state index in [1.165, 1.54) is 4.88 Å². The van der Waals surface area contributed by atoms with Crippen molar-refractivity contribution in [2.24, 2.45) is 5.92 Å². The molecule has 2 rings (SSSR count). The summed E-state index contributed by atoms with van der Waals surface area (Å²) in [6.07, 6.45) is 1.03. The van der Waals surface area contributed by atoms with Crippen LogP contribution < -0.4 is 0 Å². The number of amides is 1. The highest BCUT2D eigenvalue weighted by atomic mass is 32.2. The Labute approximate surface area is 133 Å². The number of thiophene rings is 1. The van der Waals surface area contributed by atoms with Crippen molar-refractivity contribution in [2.75, 3.05) is 18.8 Å². The Morgan fingerprint density at radius 3 is 2.90 bits per heavy atom. The Bertz CT molecular complexity index is 513. The van der Waals surface area contributed by atoms with Crippen LogP contribution in [0.25, 0.3) is 0 Å². The van der Waals surface area contributed by atoms with E-state index in [0.29, 0.717) is 19.0 Å². The zero-order valence-electron chi connectivity index (χ0n) is 12.4. The fourth-order valence-corrected chi connectivity index (χ4v) is 4.85. The number of nitrogens with zero attached hydrogens (tertiary/aromatic N) is 1. The van der Waals surface area contributed by atoms with Gasteiger partial charge in [-0.15, -0.1) is 23.1 Å². The van der Waals surface area contributed by atoms with Gasteiger partial charge in [-0.25, -0.2) is 0 Å². The largest absolute Gasteiger partial charge is 0.481 e. The van der Waals surface area contributed by atoms with Gasteiger partial charge in [0.15, 0.2) is 0 Å². The lowest BCUT2D eigenvalue weighted by molar-refractivity contribution is -0.138. The van der Waals surface area contributed by atoms with Crippen LogP contribution in [0.5, 0.6) is 0 Å². The highest BCUT2D eigenvalue weighted by molar-refractivity contribution is 8.00. The number of carboxylic acid groups (broad SMARTS) is 1. The van der Waals surface area contributed by atoms with Gasteiger partial charge in [-0.2, -0.15) is 0 Å². The van der Waals surface area contributed by atoms with Crippen molar-refractivity contribution in [3.63, 3.8) is 0 Å². The normalized spacial score (nSPS) is 17.6. The predicted molar refractivity (Wildman–Crippen MR) is 86.9 cm³/mol.